The second kappa shape index (κ2) is 4.73. The van der Waals surface area contributed by atoms with E-state index in [2.05, 4.69) is 5.16 Å². The number of hydrogen-bond donors (Lipinski definition) is 2. The van der Waals surface area contributed by atoms with Crippen LogP contribution in [0.5, 0.6) is 5.75 Å². The van der Waals surface area contributed by atoms with Gasteiger partial charge in [-0.05, 0) is 24.3 Å². The van der Waals surface area contributed by atoms with E-state index in [0.717, 1.165) is 24.3 Å². The van der Waals surface area contributed by atoms with Gasteiger partial charge in [0.25, 0.3) is 0 Å². The topological polar surface area (TPSA) is 67.8 Å². The molecule has 0 bridgehead atoms. The van der Waals surface area contributed by atoms with Gasteiger partial charge in [-0.1, -0.05) is 5.16 Å². The first-order valence-corrected chi connectivity index (χ1v) is 4.20. The summed E-state index contributed by atoms with van der Waals surface area (Å²) in [7, 11) is 0. The Balaban J connectivity index is 2.65. The van der Waals surface area contributed by atoms with Crippen molar-refractivity contribution in [3.63, 3.8) is 0 Å². The number of benzene rings is 1. The third kappa shape index (κ3) is 3.34. The number of oxime groups is 1. The summed E-state index contributed by atoms with van der Waals surface area (Å²) in [4.78, 5) is 0. The molecular weight excluding hydrogens is 225 g/mol. The second-order valence-electron chi connectivity index (χ2n) is 2.90. The van der Waals surface area contributed by atoms with E-state index in [1.54, 1.807) is 0 Å². The quantitative estimate of drug-likeness (QED) is 0.363. The van der Waals surface area contributed by atoms with Crippen LogP contribution in [-0.2, 0) is 6.18 Å². The highest BCUT2D eigenvalue weighted by molar-refractivity contribution is 5.81. The van der Waals surface area contributed by atoms with Crippen molar-refractivity contribution in [1.29, 1.82) is 0 Å². The molecule has 88 valence electrons. The zero-order chi connectivity index (χ0) is 12.2. The number of halogens is 3. The normalized spacial score (nSPS) is 12.6. The lowest BCUT2D eigenvalue weighted by atomic mass is 10.2. The Labute approximate surface area is 89.1 Å². The summed E-state index contributed by atoms with van der Waals surface area (Å²) < 4.78 is 41.5. The molecule has 1 aromatic carbocycles. The molecule has 0 unspecified atom stereocenters. The molecule has 1 aromatic rings. The summed E-state index contributed by atoms with van der Waals surface area (Å²) in [6, 6.07) is 4.10. The molecule has 4 nitrogen and oxygen atoms in total. The molecule has 0 amide bonds. The van der Waals surface area contributed by atoms with Crippen LogP contribution in [0.3, 0.4) is 0 Å². The van der Waals surface area contributed by atoms with Gasteiger partial charge in [0.2, 0.25) is 0 Å². The Morgan fingerprint density at radius 1 is 1.31 bits per heavy atom. The molecule has 16 heavy (non-hydrogen) atoms. The summed E-state index contributed by atoms with van der Waals surface area (Å²) >= 11 is 0. The molecule has 7 heteroatoms. The molecule has 0 radical (unpaired) electrons. The van der Waals surface area contributed by atoms with Crippen LogP contribution in [0, 0.1) is 0 Å². The van der Waals surface area contributed by atoms with Crippen LogP contribution in [0.1, 0.15) is 5.56 Å². The second-order valence-corrected chi connectivity index (χ2v) is 2.90. The van der Waals surface area contributed by atoms with Gasteiger partial charge in [0.05, 0.1) is 5.56 Å². The van der Waals surface area contributed by atoms with Crippen LogP contribution in [0.2, 0.25) is 0 Å². The van der Waals surface area contributed by atoms with E-state index in [1.165, 1.54) is 0 Å². The number of rotatable bonds is 3. The van der Waals surface area contributed by atoms with Crippen LogP contribution in [0.4, 0.5) is 13.2 Å². The third-order valence-electron chi connectivity index (χ3n) is 1.70. The first-order chi connectivity index (χ1) is 7.43. The Morgan fingerprint density at radius 3 is 2.31 bits per heavy atom. The largest absolute Gasteiger partial charge is 0.486 e. The molecule has 0 aliphatic rings. The minimum Gasteiger partial charge on any atom is -0.486 e. The Kier molecular flexibility index (Phi) is 3.60. The standard InChI is InChI=1S/C9H9F3N2O2/c10-9(11,12)6-1-3-7(4-2-6)16-5-8(13)14-15/h1-4,15H,5H2,(H2,13,14). The molecule has 0 atom stereocenters. The molecule has 1 rings (SSSR count). The number of ether oxygens (including phenoxy) is 1. The third-order valence-corrected chi connectivity index (χ3v) is 1.70. The van der Waals surface area contributed by atoms with Crippen LogP contribution in [0.25, 0.3) is 0 Å². The minimum absolute atomic E-state index is 0.167. The lowest BCUT2D eigenvalue weighted by Gasteiger charge is -2.08. The maximum atomic E-state index is 12.2. The fourth-order valence-electron chi connectivity index (χ4n) is 0.926. The minimum atomic E-state index is -4.37. The van der Waals surface area contributed by atoms with E-state index in [0.29, 0.717) is 0 Å². The zero-order valence-corrected chi connectivity index (χ0v) is 8.03. The van der Waals surface area contributed by atoms with Gasteiger partial charge in [0, 0.05) is 0 Å². The van der Waals surface area contributed by atoms with Crippen molar-refractivity contribution in [2.45, 2.75) is 6.18 Å². The van der Waals surface area contributed by atoms with Gasteiger partial charge in [0.1, 0.15) is 12.4 Å². The SMILES string of the molecule is N/C(COc1ccc(C(F)(F)F)cc1)=N\O. The van der Waals surface area contributed by atoms with Gasteiger partial charge < -0.3 is 15.7 Å². The Hall–Kier alpha value is -1.92. The van der Waals surface area contributed by atoms with Gasteiger partial charge in [-0.3, -0.25) is 0 Å². The molecule has 0 spiro atoms. The highest BCUT2D eigenvalue weighted by atomic mass is 19.4. The monoisotopic (exact) mass is 234 g/mol. The van der Waals surface area contributed by atoms with E-state index in [9.17, 15) is 13.2 Å². The van der Waals surface area contributed by atoms with Crippen LogP contribution in [-0.4, -0.2) is 17.6 Å². The fourth-order valence-corrected chi connectivity index (χ4v) is 0.926. The first kappa shape index (κ1) is 12.2. The van der Waals surface area contributed by atoms with E-state index < -0.39 is 11.7 Å². The Bertz CT molecular complexity index is 373. The summed E-state index contributed by atoms with van der Waals surface area (Å²) in [6.45, 7) is -0.193. The molecule has 0 fully saturated rings. The van der Waals surface area contributed by atoms with Crippen LogP contribution < -0.4 is 10.5 Å². The summed E-state index contributed by atoms with van der Waals surface area (Å²) in [5, 5.41) is 10.8. The predicted octanol–water partition coefficient (Wildman–Crippen LogP) is 1.83. The van der Waals surface area contributed by atoms with Crippen molar-refractivity contribution in [2.75, 3.05) is 6.61 Å². The van der Waals surface area contributed by atoms with Crippen molar-refractivity contribution < 1.29 is 23.1 Å². The van der Waals surface area contributed by atoms with E-state index in [4.69, 9.17) is 15.7 Å². The summed E-state index contributed by atoms with van der Waals surface area (Å²) in [5.74, 6) is 0.0412. The van der Waals surface area contributed by atoms with E-state index in [-0.39, 0.29) is 18.2 Å². The zero-order valence-electron chi connectivity index (χ0n) is 8.03. The fraction of sp³-hybridized carbons (Fsp3) is 0.222. The van der Waals surface area contributed by atoms with Crippen LogP contribution in [0.15, 0.2) is 29.4 Å². The number of nitrogens with two attached hydrogens (primary N) is 1. The lowest BCUT2D eigenvalue weighted by Crippen LogP contribution is -2.20. The average Bonchev–Trinajstić information content (AvgIpc) is 2.25. The van der Waals surface area contributed by atoms with Crippen molar-refractivity contribution in [3.8, 4) is 5.75 Å². The van der Waals surface area contributed by atoms with Gasteiger partial charge in [-0.2, -0.15) is 13.2 Å². The number of nitrogens with zero attached hydrogens (tertiary/aromatic N) is 1. The first-order valence-electron chi connectivity index (χ1n) is 4.20. The smallest absolute Gasteiger partial charge is 0.416 e. The van der Waals surface area contributed by atoms with Crippen molar-refractivity contribution >= 4 is 5.84 Å². The maximum Gasteiger partial charge on any atom is 0.416 e. The Morgan fingerprint density at radius 2 is 1.88 bits per heavy atom. The molecule has 0 heterocycles. The number of amidine groups is 1. The molecule has 0 saturated heterocycles. The molecular formula is C9H9F3N2O2. The predicted molar refractivity (Wildman–Crippen MR) is 50.3 cm³/mol. The number of alkyl halides is 3. The molecule has 0 aromatic heterocycles. The van der Waals surface area contributed by atoms with Crippen LogP contribution >= 0.6 is 0 Å². The molecule has 0 aliphatic carbocycles. The number of hydrogen-bond acceptors (Lipinski definition) is 3. The molecule has 0 saturated carbocycles. The highest BCUT2D eigenvalue weighted by Crippen LogP contribution is 2.30. The summed E-state index contributed by atoms with van der Waals surface area (Å²) in [5.41, 5.74) is 4.35. The van der Waals surface area contributed by atoms with Crippen molar-refractivity contribution in [1.82, 2.24) is 0 Å². The average molecular weight is 234 g/mol. The lowest BCUT2D eigenvalue weighted by molar-refractivity contribution is -0.137. The highest BCUT2D eigenvalue weighted by Gasteiger charge is 2.29. The molecule has 0 aliphatic heterocycles. The van der Waals surface area contributed by atoms with Gasteiger partial charge in [-0.25, -0.2) is 0 Å². The van der Waals surface area contributed by atoms with Gasteiger partial charge in [0.15, 0.2) is 5.84 Å². The maximum absolute atomic E-state index is 12.2. The summed E-state index contributed by atoms with van der Waals surface area (Å²) in [6.07, 6.45) is -4.37. The molecule has 3 N–H and O–H groups in total. The van der Waals surface area contributed by atoms with Gasteiger partial charge in [-0.15, -0.1) is 0 Å². The van der Waals surface area contributed by atoms with E-state index >= 15 is 0 Å². The van der Waals surface area contributed by atoms with Crippen molar-refractivity contribution in [3.05, 3.63) is 29.8 Å². The van der Waals surface area contributed by atoms with Gasteiger partial charge >= 0.3 is 6.18 Å². The van der Waals surface area contributed by atoms with Crippen molar-refractivity contribution in [2.24, 2.45) is 10.9 Å². The van der Waals surface area contributed by atoms with E-state index in [1.807, 2.05) is 0 Å².